The fourth-order valence-corrected chi connectivity index (χ4v) is 7.20. The van der Waals surface area contributed by atoms with Gasteiger partial charge in [0.2, 0.25) is 11.8 Å². The smallest absolute Gasteiger partial charge is 0.226 e. The molecule has 1 unspecified atom stereocenters. The standard InChI is InChI=1S/C27H33N3O4S/c1-2-8-23(32)29-26-28-20-15-17(16-22(31)24(20)35-26)25(33)30-14-13-27(34,18-9-4-3-5-10-18)19-11-6-7-12-21(19)30/h3-5,9-10,17,19,21,34H,2,6-8,11-16H2,1H3,(H,28,29,32)/t17?,19-,21-,27+/m0/s1. The van der Waals surface area contributed by atoms with Gasteiger partial charge in [0, 0.05) is 37.8 Å². The van der Waals surface area contributed by atoms with Gasteiger partial charge in [0.1, 0.15) is 0 Å². The van der Waals surface area contributed by atoms with E-state index in [2.05, 4.69) is 10.3 Å². The lowest BCUT2D eigenvalue weighted by atomic mass is 9.66. The number of aliphatic hydroxyl groups is 1. The molecule has 0 spiro atoms. The second kappa shape index (κ2) is 9.82. The van der Waals surface area contributed by atoms with Crippen LogP contribution in [0.1, 0.15) is 79.2 Å². The van der Waals surface area contributed by atoms with E-state index in [9.17, 15) is 19.5 Å². The Morgan fingerprint density at radius 3 is 2.74 bits per heavy atom. The predicted molar refractivity (Wildman–Crippen MR) is 134 cm³/mol. The van der Waals surface area contributed by atoms with Gasteiger partial charge in [-0.15, -0.1) is 0 Å². The second-order valence-electron chi connectivity index (χ2n) is 10.2. The number of Topliss-reactive ketones (excluding diaryl/α,β-unsaturated/α-hetero) is 1. The van der Waals surface area contributed by atoms with E-state index in [0.29, 0.717) is 41.5 Å². The minimum atomic E-state index is -0.931. The van der Waals surface area contributed by atoms with Gasteiger partial charge in [-0.2, -0.15) is 0 Å². The summed E-state index contributed by atoms with van der Waals surface area (Å²) in [4.78, 5) is 45.7. The van der Waals surface area contributed by atoms with E-state index < -0.39 is 11.5 Å². The van der Waals surface area contributed by atoms with Crippen LogP contribution in [-0.4, -0.2) is 45.2 Å². The fourth-order valence-electron chi connectivity index (χ4n) is 6.24. The maximum absolute atomic E-state index is 13.8. The predicted octanol–water partition coefficient (Wildman–Crippen LogP) is 4.31. The molecule has 7 nitrogen and oxygen atoms in total. The number of thiazole rings is 1. The van der Waals surface area contributed by atoms with Crippen molar-refractivity contribution in [2.45, 2.75) is 76.4 Å². The number of anilines is 1. The van der Waals surface area contributed by atoms with E-state index >= 15 is 0 Å². The van der Waals surface area contributed by atoms with Gasteiger partial charge in [-0.05, 0) is 31.2 Å². The Labute approximate surface area is 209 Å². The monoisotopic (exact) mass is 495 g/mol. The minimum Gasteiger partial charge on any atom is -0.385 e. The molecule has 3 aliphatic rings. The van der Waals surface area contributed by atoms with E-state index in [4.69, 9.17) is 0 Å². The highest BCUT2D eigenvalue weighted by atomic mass is 32.1. The first-order valence-electron chi connectivity index (χ1n) is 12.8. The van der Waals surface area contributed by atoms with Crippen molar-refractivity contribution in [3.05, 3.63) is 46.5 Å². The number of ketones is 1. The van der Waals surface area contributed by atoms with Gasteiger partial charge in [-0.1, -0.05) is 61.4 Å². The van der Waals surface area contributed by atoms with Gasteiger partial charge in [0.15, 0.2) is 10.9 Å². The number of nitrogens with one attached hydrogen (secondary N) is 1. The van der Waals surface area contributed by atoms with Crippen LogP contribution in [0.15, 0.2) is 30.3 Å². The summed E-state index contributed by atoms with van der Waals surface area (Å²) in [7, 11) is 0. The van der Waals surface area contributed by atoms with Gasteiger partial charge < -0.3 is 15.3 Å². The number of amides is 2. The Bertz CT molecular complexity index is 1120. The average Bonchev–Trinajstić information content (AvgIpc) is 3.27. The third-order valence-corrected chi connectivity index (χ3v) is 8.98. The summed E-state index contributed by atoms with van der Waals surface area (Å²) >= 11 is 1.21. The number of piperidine rings is 1. The Balaban J connectivity index is 1.34. The maximum atomic E-state index is 13.8. The normalized spacial score (nSPS) is 28.2. The van der Waals surface area contributed by atoms with Gasteiger partial charge in [-0.3, -0.25) is 14.4 Å². The first-order chi connectivity index (χ1) is 16.9. The molecule has 0 bridgehead atoms. The highest BCUT2D eigenvalue weighted by molar-refractivity contribution is 7.17. The zero-order valence-corrected chi connectivity index (χ0v) is 21.0. The van der Waals surface area contributed by atoms with Crippen molar-refractivity contribution in [1.82, 2.24) is 9.88 Å². The third kappa shape index (κ3) is 4.54. The van der Waals surface area contributed by atoms with Crippen LogP contribution in [0.25, 0.3) is 0 Å². The summed E-state index contributed by atoms with van der Waals surface area (Å²) in [6.45, 7) is 2.42. The summed E-state index contributed by atoms with van der Waals surface area (Å²) in [6.07, 6.45) is 6.09. The topological polar surface area (TPSA) is 99.6 Å². The molecule has 1 aliphatic heterocycles. The van der Waals surface area contributed by atoms with Crippen LogP contribution in [0.5, 0.6) is 0 Å². The van der Waals surface area contributed by atoms with Gasteiger partial charge >= 0.3 is 0 Å². The van der Waals surface area contributed by atoms with Crippen molar-refractivity contribution < 1.29 is 19.5 Å². The molecule has 1 saturated heterocycles. The summed E-state index contributed by atoms with van der Waals surface area (Å²) < 4.78 is 0. The summed E-state index contributed by atoms with van der Waals surface area (Å²) in [5, 5.41) is 15.0. The number of rotatable bonds is 5. The molecule has 186 valence electrons. The average molecular weight is 496 g/mol. The minimum absolute atomic E-state index is 0.000537. The molecule has 2 heterocycles. The number of likely N-dealkylation sites (tertiary alicyclic amines) is 1. The third-order valence-electron chi connectivity index (χ3n) is 7.93. The molecule has 4 atom stereocenters. The van der Waals surface area contributed by atoms with Crippen LogP contribution in [0, 0.1) is 11.8 Å². The fraction of sp³-hybridized carbons (Fsp3) is 0.556. The van der Waals surface area contributed by atoms with Crippen LogP contribution >= 0.6 is 11.3 Å². The molecule has 5 rings (SSSR count). The molecule has 2 aromatic rings. The number of carbonyl (C=O) groups excluding carboxylic acids is 3. The van der Waals surface area contributed by atoms with Crippen LogP contribution in [0.3, 0.4) is 0 Å². The SMILES string of the molecule is CCCC(=O)Nc1nc2c(s1)C(=O)CC(C(=O)N1CC[C@@](O)(c3ccccc3)[C@H]3CCCC[C@@H]31)C2. The van der Waals surface area contributed by atoms with Gasteiger partial charge in [-0.25, -0.2) is 4.98 Å². The molecule has 1 aromatic heterocycles. The summed E-state index contributed by atoms with van der Waals surface area (Å²) in [5.74, 6) is -0.634. The summed E-state index contributed by atoms with van der Waals surface area (Å²) in [5.41, 5.74) is 0.620. The molecule has 2 aliphatic carbocycles. The summed E-state index contributed by atoms with van der Waals surface area (Å²) in [6, 6.07) is 9.83. The first kappa shape index (κ1) is 24.1. The van der Waals surface area contributed by atoms with Gasteiger partial charge in [0.05, 0.1) is 22.1 Å². The lowest BCUT2D eigenvalue weighted by Crippen LogP contribution is -2.60. The van der Waals surface area contributed by atoms with Gasteiger partial charge in [0.25, 0.3) is 0 Å². The van der Waals surface area contributed by atoms with Crippen LogP contribution < -0.4 is 5.32 Å². The van der Waals surface area contributed by atoms with E-state index in [1.807, 2.05) is 42.2 Å². The zero-order valence-electron chi connectivity index (χ0n) is 20.2. The lowest BCUT2D eigenvalue weighted by molar-refractivity contribution is -0.158. The molecule has 2 amide bonds. The van der Waals surface area contributed by atoms with Crippen LogP contribution in [0.4, 0.5) is 5.13 Å². The Morgan fingerprint density at radius 2 is 1.97 bits per heavy atom. The molecule has 2 fully saturated rings. The van der Waals surface area contributed by atoms with E-state index in [1.165, 1.54) is 11.3 Å². The van der Waals surface area contributed by atoms with Crippen molar-refractivity contribution in [1.29, 1.82) is 0 Å². The highest BCUT2D eigenvalue weighted by Crippen LogP contribution is 2.47. The number of carbonyl (C=O) groups is 3. The van der Waals surface area contributed by atoms with Crippen molar-refractivity contribution in [2.75, 3.05) is 11.9 Å². The van der Waals surface area contributed by atoms with Crippen LogP contribution in [0.2, 0.25) is 0 Å². The maximum Gasteiger partial charge on any atom is 0.226 e. The molecule has 35 heavy (non-hydrogen) atoms. The highest BCUT2D eigenvalue weighted by Gasteiger charge is 2.51. The Hall–Kier alpha value is -2.58. The largest absolute Gasteiger partial charge is 0.385 e. The van der Waals surface area contributed by atoms with Crippen molar-refractivity contribution in [3.63, 3.8) is 0 Å². The molecule has 2 N–H and O–H groups in total. The molecule has 1 aromatic carbocycles. The number of benzene rings is 1. The number of hydrogen-bond donors (Lipinski definition) is 2. The number of aromatic nitrogens is 1. The van der Waals surface area contributed by atoms with Crippen molar-refractivity contribution in [3.8, 4) is 0 Å². The molecule has 8 heteroatoms. The number of nitrogens with zero attached hydrogens (tertiary/aromatic N) is 2. The molecule has 0 radical (unpaired) electrons. The van der Waals surface area contributed by atoms with Crippen molar-refractivity contribution in [2.24, 2.45) is 11.8 Å². The molecular formula is C27H33N3O4S. The molecule has 1 saturated carbocycles. The quantitative estimate of drug-likeness (QED) is 0.644. The van der Waals surface area contributed by atoms with Crippen molar-refractivity contribution >= 4 is 34.1 Å². The zero-order chi connectivity index (χ0) is 24.6. The van der Waals surface area contributed by atoms with E-state index in [0.717, 1.165) is 37.7 Å². The molecular weight excluding hydrogens is 462 g/mol. The number of hydrogen-bond acceptors (Lipinski definition) is 6. The Morgan fingerprint density at radius 1 is 1.20 bits per heavy atom. The second-order valence-corrected chi connectivity index (χ2v) is 11.2. The Kier molecular flexibility index (Phi) is 6.77. The van der Waals surface area contributed by atoms with E-state index in [1.54, 1.807) is 0 Å². The lowest BCUT2D eigenvalue weighted by Gasteiger charge is -2.53. The van der Waals surface area contributed by atoms with Crippen LogP contribution in [-0.2, 0) is 21.6 Å². The first-order valence-corrected chi connectivity index (χ1v) is 13.6. The van der Waals surface area contributed by atoms with E-state index in [-0.39, 0.29) is 36.0 Å². The number of fused-ring (bicyclic) bond motifs is 2.